The molecule has 0 spiro atoms. The molecule has 6 heteroatoms. The van der Waals surface area contributed by atoms with Crippen LogP contribution in [0.25, 0.3) is 0 Å². The number of carbonyl (C=O) groups is 1. The largest absolute Gasteiger partial charge is 0.356 e. The summed E-state index contributed by atoms with van der Waals surface area (Å²) in [5.74, 6) is 1.42. The first-order valence-corrected chi connectivity index (χ1v) is 6.33. The maximum absolute atomic E-state index is 11.5. The molecular formula is C12H22N4O2. The summed E-state index contributed by atoms with van der Waals surface area (Å²) in [5.41, 5.74) is 5.59. The van der Waals surface area contributed by atoms with Crippen molar-refractivity contribution in [1.82, 2.24) is 15.5 Å². The van der Waals surface area contributed by atoms with Crippen LogP contribution in [0.5, 0.6) is 0 Å². The van der Waals surface area contributed by atoms with Gasteiger partial charge in [-0.25, -0.2) is 0 Å². The Morgan fingerprint density at radius 3 is 2.72 bits per heavy atom. The molecule has 1 heterocycles. The number of rotatable bonds is 7. The van der Waals surface area contributed by atoms with Crippen molar-refractivity contribution in [2.24, 2.45) is 5.73 Å². The minimum atomic E-state index is -0.0139. The molecule has 18 heavy (non-hydrogen) atoms. The minimum Gasteiger partial charge on any atom is -0.356 e. The van der Waals surface area contributed by atoms with Crippen LogP contribution in [0.4, 0.5) is 0 Å². The van der Waals surface area contributed by atoms with Crippen LogP contribution >= 0.6 is 0 Å². The molecule has 0 bridgehead atoms. The molecule has 1 rings (SSSR count). The van der Waals surface area contributed by atoms with Crippen molar-refractivity contribution >= 4 is 5.91 Å². The van der Waals surface area contributed by atoms with Gasteiger partial charge in [-0.2, -0.15) is 4.98 Å². The van der Waals surface area contributed by atoms with Gasteiger partial charge in [-0.1, -0.05) is 19.0 Å². The van der Waals surface area contributed by atoms with Gasteiger partial charge in [0.1, 0.15) is 0 Å². The molecule has 0 aliphatic carbocycles. The highest BCUT2D eigenvalue weighted by molar-refractivity contribution is 5.75. The Balaban J connectivity index is 2.25. The van der Waals surface area contributed by atoms with Crippen LogP contribution in [0, 0.1) is 0 Å². The van der Waals surface area contributed by atoms with Crippen LogP contribution in [0.3, 0.4) is 0 Å². The zero-order valence-electron chi connectivity index (χ0n) is 11.3. The number of hydrogen-bond acceptors (Lipinski definition) is 5. The maximum Gasteiger partial charge on any atom is 0.227 e. The lowest BCUT2D eigenvalue weighted by molar-refractivity contribution is -0.121. The quantitative estimate of drug-likeness (QED) is 0.756. The second kappa shape index (κ2) is 7.10. The molecule has 102 valence electrons. The van der Waals surface area contributed by atoms with Gasteiger partial charge < -0.3 is 15.6 Å². The van der Waals surface area contributed by atoms with Gasteiger partial charge in [0.2, 0.25) is 11.8 Å². The summed E-state index contributed by atoms with van der Waals surface area (Å²) in [6, 6.07) is 0.106. The van der Waals surface area contributed by atoms with Gasteiger partial charge in [-0.15, -0.1) is 0 Å². The molecule has 0 aliphatic rings. The molecule has 1 atom stereocenters. The van der Waals surface area contributed by atoms with Gasteiger partial charge in [-0.05, 0) is 13.3 Å². The molecule has 1 aromatic heterocycles. The molecule has 0 fully saturated rings. The Morgan fingerprint density at radius 2 is 2.17 bits per heavy atom. The third-order valence-corrected chi connectivity index (χ3v) is 2.49. The normalized spacial score (nSPS) is 12.7. The third-order valence-electron chi connectivity index (χ3n) is 2.49. The fourth-order valence-corrected chi connectivity index (χ4v) is 1.35. The van der Waals surface area contributed by atoms with Crippen molar-refractivity contribution < 1.29 is 9.32 Å². The molecule has 0 aromatic carbocycles. The van der Waals surface area contributed by atoms with Crippen LogP contribution in [-0.4, -0.2) is 28.6 Å². The molecule has 0 saturated carbocycles. The molecular weight excluding hydrogens is 232 g/mol. The van der Waals surface area contributed by atoms with E-state index in [1.165, 1.54) is 0 Å². The maximum atomic E-state index is 11.5. The van der Waals surface area contributed by atoms with Gasteiger partial charge >= 0.3 is 0 Å². The second-order valence-corrected chi connectivity index (χ2v) is 4.82. The summed E-state index contributed by atoms with van der Waals surface area (Å²) in [6.45, 7) is 6.51. The van der Waals surface area contributed by atoms with Crippen LogP contribution in [0.1, 0.15) is 51.2 Å². The fraction of sp³-hybridized carbons (Fsp3) is 0.750. The highest BCUT2D eigenvalue weighted by Crippen LogP contribution is 2.10. The summed E-state index contributed by atoms with van der Waals surface area (Å²) in [7, 11) is 0. The van der Waals surface area contributed by atoms with E-state index in [9.17, 15) is 4.79 Å². The van der Waals surface area contributed by atoms with E-state index in [-0.39, 0.29) is 17.9 Å². The number of aromatic nitrogens is 2. The Hall–Kier alpha value is -1.43. The molecule has 1 unspecified atom stereocenters. The minimum absolute atomic E-state index is 0.0139. The lowest BCUT2D eigenvalue weighted by Gasteiger charge is -2.06. The molecule has 0 radical (unpaired) electrons. The van der Waals surface area contributed by atoms with E-state index >= 15 is 0 Å². The summed E-state index contributed by atoms with van der Waals surface area (Å²) in [6.07, 6.45) is 1.62. The highest BCUT2D eigenvalue weighted by Gasteiger charge is 2.11. The van der Waals surface area contributed by atoms with E-state index in [1.54, 1.807) is 0 Å². The van der Waals surface area contributed by atoms with E-state index in [4.69, 9.17) is 10.3 Å². The van der Waals surface area contributed by atoms with E-state index in [2.05, 4.69) is 15.5 Å². The molecule has 1 amide bonds. The van der Waals surface area contributed by atoms with Crippen molar-refractivity contribution in [1.29, 1.82) is 0 Å². The monoisotopic (exact) mass is 254 g/mol. The smallest absolute Gasteiger partial charge is 0.227 e. The van der Waals surface area contributed by atoms with E-state index < -0.39 is 0 Å². The van der Waals surface area contributed by atoms with Gasteiger partial charge in [0.05, 0.1) is 0 Å². The number of aryl methyl sites for hydroxylation is 1. The van der Waals surface area contributed by atoms with E-state index in [0.717, 1.165) is 6.42 Å². The number of hydrogen-bond donors (Lipinski definition) is 2. The molecule has 0 saturated heterocycles. The third kappa shape index (κ3) is 5.27. The van der Waals surface area contributed by atoms with Crippen LogP contribution in [-0.2, 0) is 11.2 Å². The highest BCUT2D eigenvalue weighted by atomic mass is 16.5. The number of nitrogens with zero attached hydrogens (tertiary/aromatic N) is 2. The Labute approximate surface area is 107 Å². The van der Waals surface area contributed by atoms with Crippen LogP contribution < -0.4 is 11.1 Å². The first-order chi connectivity index (χ1) is 8.49. The van der Waals surface area contributed by atoms with Crippen molar-refractivity contribution in [2.45, 2.75) is 52.0 Å². The van der Waals surface area contributed by atoms with E-state index in [1.807, 2.05) is 20.8 Å². The topological polar surface area (TPSA) is 94.0 Å². The van der Waals surface area contributed by atoms with E-state index in [0.29, 0.717) is 31.1 Å². The summed E-state index contributed by atoms with van der Waals surface area (Å²) >= 11 is 0. The second-order valence-electron chi connectivity index (χ2n) is 4.82. The first kappa shape index (κ1) is 14.6. The summed E-state index contributed by atoms with van der Waals surface area (Å²) < 4.78 is 5.06. The average Bonchev–Trinajstić information content (AvgIpc) is 2.74. The number of nitrogens with one attached hydrogen (secondary N) is 1. The Kier molecular flexibility index (Phi) is 5.77. The average molecular weight is 254 g/mol. The van der Waals surface area contributed by atoms with Crippen molar-refractivity contribution in [3.05, 3.63) is 11.7 Å². The predicted molar refractivity (Wildman–Crippen MR) is 68.0 cm³/mol. The number of nitrogens with two attached hydrogens (primary N) is 1. The van der Waals surface area contributed by atoms with Crippen molar-refractivity contribution in [2.75, 3.05) is 6.54 Å². The zero-order valence-corrected chi connectivity index (χ0v) is 11.3. The van der Waals surface area contributed by atoms with Gasteiger partial charge in [-0.3, -0.25) is 4.79 Å². The molecule has 1 aromatic rings. The lowest BCUT2D eigenvalue weighted by atomic mass is 10.2. The number of carbonyl (C=O) groups excluding carboxylic acids is 1. The zero-order chi connectivity index (χ0) is 13.5. The molecule has 3 N–H and O–H groups in total. The SMILES string of the molecule is CC(N)CCNC(=O)CCc1nc(C(C)C)no1. The lowest BCUT2D eigenvalue weighted by Crippen LogP contribution is -2.29. The summed E-state index contributed by atoms with van der Waals surface area (Å²) in [4.78, 5) is 15.7. The van der Waals surface area contributed by atoms with Crippen molar-refractivity contribution in [3.8, 4) is 0 Å². The molecule has 6 nitrogen and oxygen atoms in total. The predicted octanol–water partition coefficient (Wildman–Crippen LogP) is 0.979. The van der Waals surface area contributed by atoms with Crippen LogP contribution in [0.15, 0.2) is 4.52 Å². The summed E-state index contributed by atoms with van der Waals surface area (Å²) in [5, 5.41) is 6.65. The van der Waals surface area contributed by atoms with Crippen molar-refractivity contribution in [3.63, 3.8) is 0 Å². The number of amides is 1. The fourth-order valence-electron chi connectivity index (χ4n) is 1.35. The van der Waals surface area contributed by atoms with Gasteiger partial charge in [0.15, 0.2) is 5.82 Å². The van der Waals surface area contributed by atoms with Crippen LogP contribution in [0.2, 0.25) is 0 Å². The first-order valence-electron chi connectivity index (χ1n) is 6.33. The van der Waals surface area contributed by atoms with Gasteiger partial charge in [0.25, 0.3) is 0 Å². The van der Waals surface area contributed by atoms with Gasteiger partial charge in [0, 0.05) is 31.3 Å². The Morgan fingerprint density at radius 1 is 1.44 bits per heavy atom. The standard InChI is InChI=1S/C12H22N4O2/c1-8(2)12-15-11(18-16-12)5-4-10(17)14-7-6-9(3)13/h8-9H,4-7,13H2,1-3H3,(H,14,17). The Bertz CT molecular complexity index is 374. The molecule has 0 aliphatic heterocycles.